The predicted octanol–water partition coefficient (Wildman–Crippen LogP) is 2.49. The fourth-order valence-electron chi connectivity index (χ4n) is 3.20. The highest BCUT2D eigenvalue weighted by Crippen LogP contribution is 2.30. The van der Waals surface area contributed by atoms with Crippen molar-refractivity contribution in [2.24, 2.45) is 4.99 Å². The van der Waals surface area contributed by atoms with Gasteiger partial charge in [0.1, 0.15) is 6.61 Å². The molecule has 2 N–H and O–H groups in total. The minimum absolute atomic E-state index is 0. The van der Waals surface area contributed by atoms with Crippen molar-refractivity contribution in [3.05, 3.63) is 24.3 Å². The number of hydrogen-bond acceptors (Lipinski definition) is 4. The first-order chi connectivity index (χ1) is 12.3. The molecule has 7 heteroatoms. The van der Waals surface area contributed by atoms with E-state index in [1.807, 2.05) is 24.3 Å². The molecule has 3 rings (SSSR count). The highest BCUT2D eigenvalue weighted by Gasteiger charge is 2.20. The van der Waals surface area contributed by atoms with E-state index in [4.69, 9.17) is 9.47 Å². The number of aliphatic imine (C=N–C) groups is 1. The first-order valence-electron chi connectivity index (χ1n) is 9.48. The molecule has 0 spiro atoms. The van der Waals surface area contributed by atoms with E-state index in [2.05, 4.69) is 27.4 Å². The lowest BCUT2D eigenvalue weighted by Gasteiger charge is -2.27. The highest BCUT2D eigenvalue weighted by molar-refractivity contribution is 14.0. The maximum absolute atomic E-state index is 5.96. The number of piperidine rings is 1. The predicted molar refractivity (Wildman–Crippen MR) is 116 cm³/mol. The molecule has 0 bridgehead atoms. The summed E-state index contributed by atoms with van der Waals surface area (Å²) in [6, 6.07) is 7.78. The number of rotatable bonds is 6. The Kier molecular flexibility index (Phi) is 9.31. The van der Waals surface area contributed by atoms with Gasteiger partial charge in [0.25, 0.3) is 0 Å². The van der Waals surface area contributed by atoms with Crippen molar-refractivity contribution in [3.8, 4) is 11.5 Å². The van der Waals surface area contributed by atoms with Crippen LogP contribution in [0, 0.1) is 0 Å². The van der Waals surface area contributed by atoms with E-state index >= 15 is 0 Å². The molecule has 1 fully saturated rings. The first-order valence-corrected chi connectivity index (χ1v) is 9.48. The van der Waals surface area contributed by atoms with Gasteiger partial charge in [-0.05, 0) is 45.0 Å². The van der Waals surface area contributed by atoms with Gasteiger partial charge >= 0.3 is 0 Å². The summed E-state index contributed by atoms with van der Waals surface area (Å²) in [6.07, 6.45) is 3.98. The Bertz CT molecular complexity index is 564. The number of hydrogen-bond donors (Lipinski definition) is 2. The molecule has 1 saturated heterocycles. The molecular weight excluding hydrogens is 443 g/mol. The second-order valence-electron chi connectivity index (χ2n) is 6.55. The quantitative estimate of drug-likeness (QED) is 0.377. The van der Waals surface area contributed by atoms with Gasteiger partial charge in [0.05, 0.1) is 6.54 Å². The van der Waals surface area contributed by atoms with Gasteiger partial charge in [0.2, 0.25) is 0 Å². The number of nitrogens with one attached hydrogen (secondary N) is 2. The number of guanidine groups is 1. The minimum Gasteiger partial charge on any atom is -0.486 e. The molecule has 1 unspecified atom stereocenters. The van der Waals surface area contributed by atoms with Crippen molar-refractivity contribution >= 4 is 29.9 Å². The van der Waals surface area contributed by atoms with E-state index in [9.17, 15) is 0 Å². The van der Waals surface area contributed by atoms with E-state index in [0.717, 1.165) is 37.1 Å². The lowest BCUT2D eigenvalue weighted by Crippen LogP contribution is -2.43. The highest BCUT2D eigenvalue weighted by atomic mass is 127. The Labute approximate surface area is 173 Å². The third kappa shape index (κ3) is 6.50. The van der Waals surface area contributed by atoms with Crippen molar-refractivity contribution in [2.45, 2.75) is 32.3 Å². The van der Waals surface area contributed by atoms with E-state index in [1.165, 1.54) is 32.4 Å². The average Bonchev–Trinajstić information content (AvgIpc) is 2.67. The summed E-state index contributed by atoms with van der Waals surface area (Å²) < 4.78 is 11.7. The lowest BCUT2D eigenvalue weighted by atomic mass is 10.1. The van der Waals surface area contributed by atoms with E-state index < -0.39 is 0 Å². The van der Waals surface area contributed by atoms with Crippen molar-refractivity contribution in [3.63, 3.8) is 0 Å². The SMILES string of the molecule is CCNC(=NCC1COc2ccccc2O1)NCCN1CCCCC1.I. The maximum Gasteiger partial charge on any atom is 0.191 e. The summed E-state index contributed by atoms with van der Waals surface area (Å²) >= 11 is 0. The fourth-order valence-corrected chi connectivity index (χ4v) is 3.20. The number of fused-ring (bicyclic) bond motifs is 1. The summed E-state index contributed by atoms with van der Waals surface area (Å²) in [7, 11) is 0. The molecule has 0 aromatic heterocycles. The molecule has 1 aromatic carbocycles. The van der Waals surface area contributed by atoms with Crippen molar-refractivity contribution < 1.29 is 9.47 Å². The molecule has 0 saturated carbocycles. The first kappa shape index (κ1) is 21.1. The zero-order chi connectivity index (χ0) is 17.3. The number of benzene rings is 1. The van der Waals surface area contributed by atoms with Crippen LogP contribution in [-0.4, -0.2) is 62.8 Å². The molecule has 2 aliphatic rings. The van der Waals surface area contributed by atoms with E-state index in [-0.39, 0.29) is 30.1 Å². The number of likely N-dealkylation sites (tertiary alicyclic amines) is 1. The molecule has 0 aliphatic carbocycles. The molecule has 0 radical (unpaired) electrons. The van der Waals surface area contributed by atoms with Crippen LogP contribution in [0.2, 0.25) is 0 Å². The molecule has 1 atom stereocenters. The van der Waals surface area contributed by atoms with Gasteiger partial charge in [-0.2, -0.15) is 0 Å². The Morgan fingerprint density at radius 2 is 1.92 bits per heavy atom. The third-order valence-corrected chi connectivity index (χ3v) is 4.53. The van der Waals surface area contributed by atoms with E-state index in [1.54, 1.807) is 0 Å². The largest absolute Gasteiger partial charge is 0.486 e. The zero-order valence-electron chi connectivity index (χ0n) is 15.6. The standard InChI is InChI=1S/C19H30N4O2.HI/c1-2-20-19(21-10-13-23-11-6-3-7-12-23)22-14-16-15-24-17-8-4-5-9-18(17)25-16;/h4-5,8-9,16H,2-3,6-7,10-15H2,1H3,(H2,20,21,22);1H. The molecule has 2 heterocycles. The van der Waals surface area contributed by atoms with Gasteiger partial charge in [-0.1, -0.05) is 18.6 Å². The van der Waals surface area contributed by atoms with Crippen LogP contribution in [0.15, 0.2) is 29.3 Å². The minimum atomic E-state index is -0.0487. The molecule has 1 aromatic rings. The lowest BCUT2D eigenvalue weighted by molar-refractivity contribution is 0.0971. The second kappa shape index (κ2) is 11.5. The van der Waals surface area contributed by atoms with Crippen LogP contribution in [0.3, 0.4) is 0 Å². The molecule has 2 aliphatic heterocycles. The molecular formula is C19H31IN4O2. The smallest absolute Gasteiger partial charge is 0.191 e. The summed E-state index contributed by atoms with van der Waals surface area (Å²) in [5.41, 5.74) is 0. The van der Waals surface area contributed by atoms with Crippen molar-refractivity contribution in [2.75, 3.05) is 45.9 Å². The van der Waals surface area contributed by atoms with Crippen LogP contribution in [0.25, 0.3) is 0 Å². The summed E-state index contributed by atoms with van der Waals surface area (Å²) in [4.78, 5) is 7.19. The Morgan fingerprint density at radius 1 is 1.15 bits per heavy atom. The summed E-state index contributed by atoms with van der Waals surface area (Å²) in [5.74, 6) is 2.47. The molecule has 146 valence electrons. The monoisotopic (exact) mass is 474 g/mol. The molecule has 6 nitrogen and oxygen atoms in total. The van der Waals surface area contributed by atoms with Crippen molar-refractivity contribution in [1.82, 2.24) is 15.5 Å². The zero-order valence-corrected chi connectivity index (χ0v) is 17.9. The topological polar surface area (TPSA) is 58.1 Å². The van der Waals surface area contributed by atoms with Crippen LogP contribution in [0.4, 0.5) is 0 Å². The maximum atomic E-state index is 5.96. The van der Waals surface area contributed by atoms with Crippen LogP contribution < -0.4 is 20.1 Å². The third-order valence-electron chi connectivity index (χ3n) is 4.53. The van der Waals surface area contributed by atoms with Gasteiger partial charge in [-0.15, -0.1) is 24.0 Å². The summed E-state index contributed by atoms with van der Waals surface area (Å²) in [5, 5.41) is 6.73. The fraction of sp³-hybridized carbons (Fsp3) is 0.632. The Balaban J connectivity index is 0.00000243. The average molecular weight is 474 g/mol. The number of ether oxygens (including phenoxy) is 2. The van der Waals surface area contributed by atoms with Gasteiger partial charge in [-0.25, -0.2) is 4.99 Å². The van der Waals surface area contributed by atoms with Crippen molar-refractivity contribution in [1.29, 1.82) is 0 Å². The summed E-state index contributed by atoms with van der Waals surface area (Å²) in [6.45, 7) is 8.47. The Hall–Kier alpha value is -1.22. The van der Waals surface area contributed by atoms with Crippen LogP contribution in [0.5, 0.6) is 11.5 Å². The van der Waals surface area contributed by atoms with Gasteiger partial charge in [0, 0.05) is 19.6 Å². The number of halogens is 1. The van der Waals surface area contributed by atoms with Gasteiger partial charge in [-0.3, -0.25) is 0 Å². The van der Waals surface area contributed by atoms with Crippen LogP contribution in [0.1, 0.15) is 26.2 Å². The van der Waals surface area contributed by atoms with E-state index in [0.29, 0.717) is 13.2 Å². The van der Waals surface area contributed by atoms with Crippen LogP contribution in [-0.2, 0) is 0 Å². The van der Waals surface area contributed by atoms with Gasteiger partial charge < -0.3 is 25.0 Å². The molecule has 26 heavy (non-hydrogen) atoms. The second-order valence-corrected chi connectivity index (χ2v) is 6.55. The molecule has 0 amide bonds. The number of nitrogens with zero attached hydrogens (tertiary/aromatic N) is 2. The normalized spacial score (nSPS) is 20.2. The van der Waals surface area contributed by atoms with Gasteiger partial charge in [0.15, 0.2) is 23.6 Å². The number of para-hydroxylation sites is 2. The Morgan fingerprint density at radius 3 is 2.69 bits per heavy atom. The van der Waals surface area contributed by atoms with Crippen LogP contribution >= 0.6 is 24.0 Å².